The van der Waals surface area contributed by atoms with E-state index in [9.17, 15) is 29.4 Å². The number of carboxylic acids is 2. The second-order valence-corrected chi connectivity index (χ2v) is 6.97. The summed E-state index contributed by atoms with van der Waals surface area (Å²) in [6.07, 6.45) is 0.742. The number of ether oxygens (including phenoxy) is 1. The molecule has 0 spiro atoms. The molecule has 2 N–H and O–H groups in total. The fourth-order valence-electron chi connectivity index (χ4n) is 2.13. The summed E-state index contributed by atoms with van der Waals surface area (Å²) in [6.45, 7) is 9.71. The van der Waals surface area contributed by atoms with Crippen LogP contribution in [0, 0.1) is 22.7 Å². The molecule has 0 heterocycles. The molecular weight excluding hydrogens is 304 g/mol. The predicted molar refractivity (Wildman–Crippen MR) is 81.5 cm³/mol. The summed E-state index contributed by atoms with van der Waals surface area (Å²) in [5.74, 6) is -8.36. The first-order chi connectivity index (χ1) is 10.3. The Hall–Kier alpha value is -1.92. The highest BCUT2D eigenvalue weighted by molar-refractivity contribution is 6.03. The Balaban J connectivity index is 5.45. The molecule has 0 aromatic rings. The van der Waals surface area contributed by atoms with Gasteiger partial charge in [-0.1, -0.05) is 41.5 Å². The fraction of sp³-hybridized carbons (Fsp3) is 0.750. The van der Waals surface area contributed by atoms with Crippen LogP contribution in [0.2, 0.25) is 0 Å². The highest BCUT2D eigenvalue weighted by Gasteiger charge is 2.46. The van der Waals surface area contributed by atoms with Gasteiger partial charge in [-0.05, 0) is 23.7 Å². The summed E-state index contributed by atoms with van der Waals surface area (Å²) in [5, 5.41) is 18.5. The maximum absolute atomic E-state index is 12.1. The third-order valence-electron chi connectivity index (χ3n) is 4.55. The molecule has 0 bridgehead atoms. The number of rotatable bonds is 8. The third-order valence-corrected chi connectivity index (χ3v) is 4.55. The SMILES string of the molecule is CCC(C)(C)C(C(=O)O)C(=O)OC(=O)C(C(=O)O)C(C)(C)CC. The lowest BCUT2D eigenvalue weighted by Crippen LogP contribution is -2.43. The van der Waals surface area contributed by atoms with Crippen LogP contribution in [-0.2, 0) is 23.9 Å². The molecule has 132 valence electrons. The monoisotopic (exact) mass is 330 g/mol. The first-order valence-corrected chi connectivity index (χ1v) is 7.53. The predicted octanol–water partition coefficient (Wildman–Crippen LogP) is 2.33. The van der Waals surface area contributed by atoms with Crippen LogP contribution in [0.1, 0.15) is 54.4 Å². The van der Waals surface area contributed by atoms with Crippen LogP contribution >= 0.6 is 0 Å². The van der Waals surface area contributed by atoms with Crippen molar-refractivity contribution in [1.82, 2.24) is 0 Å². The average Bonchev–Trinajstić information content (AvgIpc) is 2.36. The zero-order chi connectivity index (χ0) is 18.6. The number of carbonyl (C=O) groups is 4. The molecule has 0 aromatic carbocycles. The zero-order valence-corrected chi connectivity index (χ0v) is 14.5. The van der Waals surface area contributed by atoms with Crippen LogP contribution in [-0.4, -0.2) is 34.1 Å². The van der Waals surface area contributed by atoms with E-state index >= 15 is 0 Å². The van der Waals surface area contributed by atoms with E-state index in [0.717, 1.165) is 0 Å². The molecule has 0 amide bonds. The Labute approximate surface area is 136 Å². The van der Waals surface area contributed by atoms with Gasteiger partial charge in [0.05, 0.1) is 0 Å². The maximum Gasteiger partial charge on any atom is 0.328 e. The van der Waals surface area contributed by atoms with Crippen molar-refractivity contribution in [3.8, 4) is 0 Å². The van der Waals surface area contributed by atoms with Crippen molar-refractivity contribution in [2.75, 3.05) is 0 Å². The van der Waals surface area contributed by atoms with E-state index in [2.05, 4.69) is 4.74 Å². The van der Waals surface area contributed by atoms with Gasteiger partial charge >= 0.3 is 23.9 Å². The van der Waals surface area contributed by atoms with Crippen LogP contribution in [0.15, 0.2) is 0 Å². The van der Waals surface area contributed by atoms with Crippen molar-refractivity contribution in [3.63, 3.8) is 0 Å². The molecule has 0 saturated heterocycles. The molecule has 0 aliphatic rings. The summed E-state index contributed by atoms with van der Waals surface area (Å²) < 4.78 is 4.63. The second kappa shape index (κ2) is 7.57. The molecule has 2 unspecified atom stereocenters. The maximum atomic E-state index is 12.1. The van der Waals surface area contributed by atoms with E-state index in [-0.39, 0.29) is 0 Å². The van der Waals surface area contributed by atoms with Gasteiger partial charge in [0.15, 0.2) is 11.8 Å². The molecule has 0 aromatic heterocycles. The van der Waals surface area contributed by atoms with Gasteiger partial charge in [-0.15, -0.1) is 0 Å². The Morgan fingerprint density at radius 3 is 1.22 bits per heavy atom. The minimum atomic E-state index is -1.55. The van der Waals surface area contributed by atoms with Crippen LogP contribution < -0.4 is 0 Å². The van der Waals surface area contributed by atoms with Gasteiger partial charge < -0.3 is 14.9 Å². The van der Waals surface area contributed by atoms with E-state index in [1.807, 2.05) is 0 Å². The summed E-state index contributed by atoms with van der Waals surface area (Å²) in [5.41, 5.74) is -1.86. The number of esters is 2. The van der Waals surface area contributed by atoms with Crippen LogP contribution in [0.25, 0.3) is 0 Å². The Morgan fingerprint density at radius 2 is 1.04 bits per heavy atom. The Kier molecular flexibility index (Phi) is 6.94. The standard InChI is InChI=1S/C16H26O7/c1-7-15(3,4)9(11(17)18)13(21)23-14(22)10(12(19)20)16(5,6)8-2/h9-10H,7-8H2,1-6H3,(H,17,18)(H,19,20). The van der Waals surface area contributed by atoms with Crippen molar-refractivity contribution in [3.05, 3.63) is 0 Å². The molecule has 7 heteroatoms. The van der Waals surface area contributed by atoms with Gasteiger partial charge in [0, 0.05) is 0 Å². The number of hydrogen-bond acceptors (Lipinski definition) is 5. The first-order valence-electron chi connectivity index (χ1n) is 7.53. The van der Waals surface area contributed by atoms with Crippen molar-refractivity contribution >= 4 is 23.9 Å². The highest BCUT2D eigenvalue weighted by Crippen LogP contribution is 2.34. The molecule has 0 saturated carbocycles. The Morgan fingerprint density at radius 1 is 0.783 bits per heavy atom. The van der Waals surface area contributed by atoms with Crippen LogP contribution in [0.4, 0.5) is 0 Å². The molecule has 23 heavy (non-hydrogen) atoms. The van der Waals surface area contributed by atoms with Gasteiger partial charge in [0.1, 0.15) is 0 Å². The summed E-state index contributed by atoms with van der Waals surface area (Å²) >= 11 is 0. The van der Waals surface area contributed by atoms with E-state index < -0.39 is 46.5 Å². The van der Waals surface area contributed by atoms with E-state index in [4.69, 9.17) is 0 Å². The molecule has 0 aliphatic carbocycles. The molecule has 0 radical (unpaired) electrons. The van der Waals surface area contributed by atoms with Crippen molar-refractivity contribution in [2.45, 2.75) is 54.4 Å². The molecule has 0 fully saturated rings. The molecular formula is C16H26O7. The first kappa shape index (κ1) is 21.1. The smallest absolute Gasteiger partial charge is 0.328 e. The summed E-state index contributed by atoms with van der Waals surface area (Å²) in [4.78, 5) is 47.0. The Bertz CT molecular complexity index is 447. The fourth-order valence-corrected chi connectivity index (χ4v) is 2.13. The quantitative estimate of drug-likeness (QED) is 0.518. The number of hydrogen-bond donors (Lipinski definition) is 2. The number of carbonyl (C=O) groups excluding carboxylic acids is 2. The topological polar surface area (TPSA) is 118 Å². The van der Waals surface area contributed by atoms with Crippen LogP contribution in [0.5, 0.6) is 0 Å². The molecule has 2 atom stereocenters. The van der Waals surface area contributed by atoms with E-state index in [1.54, 1.807) is 41.5 Å². The second-order valence-electron chi connectivity index (χ2n) is 6.97. The number of carboxylic acid groups (broad SMARTS) is 2. The van der Waals surface area contributed by atoms with Gasteiger partial charge in [0.25, 0.3) is 0 Å². The van der Waals surface area contributed by atoms with Crippen molar-refractivity contribution < 1.29 is 34.1 Å². The highest BCUT2D eigenvalue weighted by atomic mass is 16.6. The molecule has 0 rings (SSSR count). The normalized spacial score (nSPS) is 14.7. The largest absolute Gasteiger partial charge is 0.481 e. The van der Waals surface area contributed by atoms with Crippen LogP contribution in [0.3, 0.4) is 0 Å². The third kappa shape index (κ3) is 5.04. The average molecular weight is 330 g/mol. The van der Waals surface area contributed by atoms with Gasteiger partial charge in [-0.2, -0.15) is 0 Å². The zero-order valence-electron chi connectivity index (χ0n) is 14.5. The van der Waals surface area contributed by atoms with E-state index in [0.29, 0.717) is 12.8 Å². The molecule has 7 nitrogen and oxygen atoms in total. The molecule has 0 aliphatic heterocycles. The lowest BCUT2D eigenvalue weighted by molar-refractivity contribution is -0.176. The minimum absolute atomic E-state index is 0.371. The number of aliphatic carboxylic acids is 2. The van der Waals surface area contributed by atoms with Gasteiger partial charge in [-0.25, -0.2) is 0 Å². The lowest BCUT2D eigenvalue weighted by Gasteiger charge is -2.30. The minimum Gasteiger partial charge on any atom is -0.481 e. The van der Waals surface area contributed by atoms with Gasteiger partial charge in [-0.3, -0.25) is 19.2 Å². The van der Waals surface area contributed by atoms with Crippen molar-refractivity contribution in [2.24, 2.45) is 22.7 Å². The van der Waals surface area contributed by atoms with E-state index in [1.165, 1.54) is 0 Å². The summed E-state index contributed by atoms with van der Waals surface area (Å²) in [7, 11) is 0. The van der Waals surface area contributed by atoms with Gasteiger partial charge in [0.2, 0.25) is 0 Å². The summed E-state index contributed by atoms with van der Waals surface area (Å²) in [6, 6.07) is 0. The lowest BCUT2D eigenvalue weighted by atomic mass is 9.76. The van der Waals surface area contributed by atoms with Crippen molar-refractivity contribution in [1.29, 1.82) is 0 Å².